The third kappa shape index (κ3) is 3.04. The summed E-state index contributed by atoms with van der Waals surface area (Å²) < 4.78 is 11.2. The maximum atomic E-state index is 12.6. The second-order valence-electron chi connectivity index (χ2n) is 6.49. The largest absolute Gasteiger partial charge is 0.489 e. The van der Waals surface area contributed by atoms with Crippen LogP contribution in [0.4, 0.5) is 0 Å². The Morgan fingerprint density at radius 2 is 2.08 bits per heavy atom. The molecule has 24 heavy (non-hydrogen) atoms. The molecule has 2 atom stereocenters. The molecule has 5 heteroatoms. The van der Waals surface area contributed by atoms with E-state index in [0.717, 1.165) is 30.8 Å². The fourth-order valence-corrected chi connectivity index (χ4v) is 3.81. The summed E-state index contributed by atoms with van der Waals surface area (Å²) in [5.74, 6) is 1.01. The average molecular weight is 326 g/mol. The number of para-hydroxylation sites is 1. The van der Waals surface area contributed by atoms with Crippen molar-refractivity contribution in [2.45, 2.75) is 38.0 Å². The Hall–Kier alpha value is -2.27. The highest BCUT2D eigenvalue weighted by atomic mass is 16.5. The second-order valence-corrected chi connectivity index (χ2v) is 6.49. The van der Waals surface area contributed by atoms with Crippen molar-refractivity contribution < 1.29 is 13.9 Å². The monoisotopic (exact) mass is 326 g/mol. The summed E-state index contributed by atoms with van der Waals surface area (Å²) >= 11 is 0. The van der Waals surface area contributed by atoms with Crippen molar-refractivity contribution in [3.63, 3.8) is 0 Å². The van der Waals surface area contributed by atoms with Crippen molar-refractivity contribution in [1.82, 2.24) is 10.2 Å². The van der Waals surface area contributed by atoms with Crippen LogP contribution >= 0.6 is 0 Å². The van der Waals surface area contributed by atoms with Crippen LogP contribution < -0.4 is 10.1 Å². The first-order valence-electron chi connectivity index (χ1n) is 8.60. The lowest BCUT2D eigenvalue weighted by molar-refractivity contribution is 0.0898. The molecule has 0 radical (unpaired) electrons. The molecular formula is C19H22N2O3. The molecule has 0 saturated carbocycles. The van der Waals surface area contributed by atoms with Crippen LogP contribution in [0.2, 0.25) is 0 Å². The van der Waals surface area contributed by atoms with Crippen LogP contribution in [-0.2, 0) is 6.61 Å². The molecule has 3 heterocycles. The van der Waals surface area contributed by atoms with E-state index in [4.69, 9.17) is 9.15 Å². The fourth-order valence-electron chi connectivity index (χ4n) is 3.81. The SMILES string of the molecule is O=C(N[C@@H]1CCN2CCC[C@@H]12)c1occc1COc1ccccc1. The van der Waals surface area contributed by atoms with E-state index in [0.29, 0.717) is 18.4 Å². The van der Waals surface area contributed by atoms with E-state index in [9.17, 15) is 4.79 Å². The predicted octanol–water partition coefficient (Wildman–Crippen LogP) is 2.83. The van der Waals surface area contributed by atoms with Crippen LogP contribution in [0, 0.1) is 0 Å². The molecule has 2 saturated heterocycles. The van der Waals surface area contributed by atoms with Crippen molar-refractivity contribution in [3.8, 4) is 5.75 Å². The fraction of sp³-hybridized carbons (Fsp3) is 0.421. The normalized spacial score (nSPS) is 23.2. The molecule has 1 aromatic carbocycles. The Labute approximate surface area is 141 Å². The number of fused-ring (bicyclic) bond motifs is 1. The first-order valence-corrected chi connectivity index (χ1v) is 8.60. The van der Waals surface area contributed by atoms with Crippen molar-refractivity contribution in [3.05, 3.63) is 54.0 Å². The molecule has 126 valence electrons. The van der Waals surface area contributed by atoms with Gasteiger partial charge in [0.15, 0.2) is 5.76 Å². The molecule has 0 spiro atoms. The molecule has 2 aromatic rings. The van der Waals surface area contributed by atoms with E-state index in [1.54, 1.807) is 12.3 Å². The summed E-state index contributed by atoms with van der Waals surface area (Å²) in [6, 6.07) is 12.1. The number of rotatable bonds is 5. The van der Waals surface area contributed by atoms with Gasteiger partial charge in [-0.3, -0.25) is 9.69 Å². The Kier molecular flexibility index (Phi) is 4.26. The van der Waals surface area contributed by atoms with E-state index in [2.05, 4.69) is 10.2 Å². The predicted molar refractivity (Wildman–Crippen MR) is 89.9 cm³/mol. The van der Waals surface area contributed by atoms with Gasteiger partial charge >= 0.3 is 0 Å². The minimum atomic E-state index is -0.134. The van der Waals surface area contributed by atoms with E-state index in [-0.39, 0.29) is 11.9 Å². The maximum Gasteiger partial charge on any atom is 0.287 e. The van der Waals surface area contributed by atoms with E-state index >= 15 is 0 Å². The minimum absolute atomic E-state index is 0.134. The topological polar surface area (TPSA) is 54.7 Å². The van der Waals surface area contributed by atoms with Crippen LogP contribution in [0.25, 0.3) is 0 Å². The Bertz CT molecular complexity index is 698. The van der Waals surface area contributed by atoms with Crippen LogP contribution in [0.5, 0.6) is 5.75 Å². The smallest absolute Gasteiger partial charge is 0.287 e. The van der Waals surface area contributed by atoms with Crippen LogP contribution in [0.15, 0.2) is 47.1 Å². The highest BCUT2D eigenvalue weighted by molar-refractivity contribution is 5.93. The molecule has 2 fully saturated rings. The number of ether oxygens (including phenoxy) is 1. The second kappa shape index (κ2) is 6.69. The molecule has 2 aliphatic rings. The number of nitrogens with one attached hydrogen (secondary N) is 1. The first-order chi connectivity index (χ1) is 11.8. The Morgan fingerprint density at radius 3 is 2.96 bits per heavy atom. The molecule has 2 aliphatic heterocycles. The van der Waals surface area contributed by atoms with Gasteiger partial charge in [0.05, 0.1) is 6.26 Å². The van der Waals surface area contributed by atoms with E-state index in [1.165, 1.54) is 12.8 Å². The van der Waals surface area contributed by atoms with Gasteiger partial charge in [-0.05, 0) is 44.0 Å². The van der Waals surface area contributed by atoms with Crippen molar-refractivity contribution in [2.24, 2.45) is 0 Å². The molecular weight excluding hydrogens is 304 g/mol. The summed E-state index contributed by atoms with van der Waals surface area (Å²) in [6.07, 6.45) is 4.98. The van der Waals surface area contributed by atoms with Gasteiger partial charge < -0.3 is 14.5 Å². The van der Waals surface area contributed by atoms with Gasteiger partial charge in [-0.25, -0.2) is 0 Å². The third-order valence-electron chi connectivity index (χ3n) is 5.01. The van der Waals surface area contributed by atoms with Gasteiger partial charge in [0, 0.05) is 24.2 Å². The van der Waals surface area contributed by atoms with Gasteiger partial charge in [-0.1, -0.05) is 18.2 Å². The maximum absolute atomic E-state index is 12.6. The summed E-state index contributed by atoms with van der Waals surface area (Å²) in [5.41, 5.74) is 0.776. The number of nitrogens with zero attached hydrogens (tertiary/aromatic N) is 1. The van der Waals surface area contributed by atoms with Crippen LogP contribution in [0.1, 0.15) is 35.4 Å². The molecule has 0 unspecified atom stereocenters. The Balaban J connectivity index is 1.39. The van der Waals surface area contributed by atoms with E-state index < -0.39 is 0 Å². The van der Waals surface area contributed by atoms with Crippen LogP contribution in [-0.4, -0.2) is 36.0 Å². The van der Waals surface area contributed by atoms with Gasteiger partial charge in [-0.15, -0.1) is 0 Å². The molecule has 1 N–H and O–H groups in total. The van der Waals surface area contributed by atoms with Gasteiger partial charge in [0.25, 0.3) is 5.91 Å². The summed E-state index contributed by atoms with van der Waals surface area (Å²) in [4.78, 5) is 15.1. The molecule has 1 aromatic heterocycles. The molecule has 0 bridgehead atoms. The summed E-state index contributed by atoms with van der Waals surface area (Å²) in [5, 5.41) is 3.16. The van der Waals surface area contributed by atoms with E-state index in [1.807, 2.05) is 30.3 Å². The lowest BCUT2D eigenvalue weighted by Crippen LogP contribution is -2.42. The highest BCUT2D eigenvalue weighted by Gasteiger charge is 2.38. The molecule has 1 amide bonds. The standard InChI is InChI=1S/C19H22N2O3/c22-19(20-16-8-11-21-10-4-7-17(16)21)18-14(9-12-23-18)13-24-15-5-2-1-3-6-15/h1-3,5-6,9,12,16-17H,4,7-8,10-11,13H2,(H,20,22)/t16-,17+/m1/s1. The minimum Gasteiger partial charge on any atom is -0.489 e. The number of carbonyl (C=O) groups excluding carboxylic acids is 1. The molecule has 4 rings (SSSR count). The molecule has 0 aliphatic carbocycles. The number of carbonyl (C=O) groups is 1. The first kappa shape index (κ1) is 15.3. The summed E-state index contributed by atoms with van der Waals surface area (Å²) in [6.45, 7) is 2.56. The number of amides is 1. The number of hydrogen-bond acceptors (Lipinski definition) is 4. The Morgan fingerprint density at radius 1 is 1.21 bits per heavy atom. The van der Waals surface area contributed by atoms with Crippen molar-refractivity contribution >= 4 is 5.91 Å². The van der Waals surface area contributed by atoms with Crippen LogP contribution in [0.3, 0.4) is 0 Å². The van der Waals surface area contributed by atoms with Crippen molar-refractivity contribution in [1.29, 1.82) is 0 Å². The zero-order chi connectivity index (χ0) is 16.4. The number of hydrogen-bond donors (Lipinski definition) is 1. The van der Waals surface area contributed by atoms with Gasteiger partial charge in [0.2, 0.25) is 0 Å². The van der Waals surface area contributed by atoms with Crippen molar-refractivity contribution in [2.75, 3.05) is 13.1 Å². The number of furan rings is 1. The average Bonchev–Trinajstić information content (AvgIpc) is 3.32. The quantitative estimate of drug-likeness (QED) is 0.918. The van der Waals surface area contributed by atoms with Gasteiger partial charge in [0.1, 0.15) is 12.4 Å². The zero-order valence-corrected chi connectivity index (χ0v) is 13.6. The zero-order valence-electron chi connectivity index (χ0n) is 13.6. The summed E-state index contributed by atoms with van der Waals surface area (Å²) in [7, 11) is 0. The number of benzene rings is 1. The lowest BCUT2D eigenvalue weighted by Gasteiger charge is -2.21. The molecule has 5 nitrogen and oxygen atoms in total. The highest BCUT2D eigenvalue weighted by Crippen LogP contribution is 2.28. The third-order valence-corrected chi connectivity index (χ3v) is 5.01. The van der Waals surface area contributed by atoms with Gasteiger partial charge in [-0.2, -0.15) is 0 Å². The lowest BCUT2D eigenvalue weighted by atomic mass is 10.1.